The lowest BCUT2D eigenvalue weighted by Gasteiger charge is -2.08. The van der Waals surface area contributed by atoms with Gasteiger partial charge in [0.2, 0.25) is 0 Å². The SMILES string of the molecule is CC[C@@H](C)[NH2+]CCCCOc1ccc(C)cc1. The lowest BCUT2D eigenvalue weighted by atomic mass is 10.2. The maximum atomic E-state index is 5.68. The molecule has 2 N–H and O–H groups in total. The third-order valence-electron chi connectivity index (χ3n) is 3.10. The molecule has 0 unspecified atom stereocenters. The minimum Gasteiger partial charge on any atom is -0.494 e. The van der Waals surface area contributed by atoms with E-state index >= 15 is 0 Å². The van der Waals surface area contributed by atoms with Gasteiger partial charge in [-0.2, -0.15) is 0 Å². The van der Waals surface area contributed by atoms with Gasteiger partial charge in [-0.25, -0.2) is 0 Å². The Hall–Kier alpha value is -1.02. The predicted octanol–water partition coefficient (Wildman–Crippen LogP) is 2.52. The molecule has 0 aliphatic rings. The third-order valence-corrected chi connectivity index (χ3v) is 3.10. The number of quaternary nitrogens is 1. The fourth-order valence-electron chi connectivity index (χ4n) is 1.64. The molecule has 0 heterocycles. The van der Waals surface area contributed by atoms with E-state index in [0.29, 0.717) is 0 Å². The molecule has 0 bridgehead atoms. The third kappa shape index (κ3) is 6.32. The highest BCUT2D eigenvalue weighted by Gasteiger charge is 2.00. The number of nitrogens with two attached hydrogens (primary N) is 1. The second kappa shape index (κ2) is 8.13. The first kappa shape index (κ1) is 14.0. The van der Waals surface area contributed by atoms with E-state index in [4.69, 9.17) is 4.74 Å². The number of hydrogen-bond donors (Lipinski definition) is 1. The van der Waals surface area contributed by atoms with Crippen LogP contribution >= 0.6 is 0 Å². The van der Waals surface area contributed by atoms with Crippen LogP contribution in [-0.4, -0.2) is 19.2 Å². The van der Waals surface area contributed by atoms with Crippen LogP contribution in [0.4, 0.5) is 0 Å². The van der Waals surface area contributed by atoms with Gasteiger partial charge < -0.3 is 10.1 Å². The molecule has 0 aliphatic carbocycles. The summed E-state index contributed by atoms with van der Waals surface area (Å²) in [6.45, 7) is 8.66. The van der Waals surface area contributed by atoms with Gasteiger partial charge >= 0.3 is 0 Å². The van der Waals surface area contributed by atoms with Gasteiger partial charge in [0.15, 0.2) is 0 Å². The normalized spacial score (nSPS) is 12.4. The average molecular weight is 236 g/mol. The molecule has 1 aromatic rings. The topological polar surface area (TPSA) is 25.8 Å². The van der Waals surface area contributed by atoms with Crippen LogP contribution in [0, 0.1) is 6.92 Å². The smallest absolute Gasteiger partial charge is 0.119 e. The zero-order valence-corrected chi connectivity index (χ0v) is 11.4. The van der Waals surface area contributed by atoms with E-state index in [1.165, 1.54) is 24.9 Å². The van der Waals surface area contributed by atoms with Crippen LogP contribution in [0.25, 0.3) is 0 Å². The number of aryl methyl sites for hydroxylation is 1. The maximum Gasteiger partial charge on any atom is 0.119 e. The summed E-state index contributed by atoms with van der Waals surface area (Å²) in [5.74, 6) is 0.988. The molecule has 0 fully saturated rings. The molecule has 1 atom stereocenters. The molecular formula is C15H26NO+. The van der Waals surface area contributed by atoms with E-state index in [1.54, 1.807) is 0 Å². The molecular weight excluding hydrogens is 210 g/mol. The monoisotopic (exact) mass is 236 g/mol. The first-order valence-electron chi connectivity index (χ1n) is 6.75. The molecule has 2 heteroatoms. The molecule has 0 radical (unpaired) electrons. The predicted molar refractivity (Wildman–Crippen MR) is 72.5 cm³/mol. The second-order valence-electron chi connectivity index (χ2n) is 4.78. The second-order valence-corrected chi connectivity index (χ2v) is 4.78. The van der Waals surface area contributed by atoms with E-state index in [1.807, 2.05) is 12.1 Å². The van der Waals surface area contributed by atoms with E-state index in [0.717, 1.165) is 24.8 Å². The van der Waals surface area contributed by atoms with Gasteiger partial charge in [-0.05, 0) is 45.2 Å². The fraction of sp³-hybridized carbons (Fsp3) is 0.600. The summed E-state index contributed by atoms with van der Waals surface area (Å²) in [7, 11) is 0. The van der Waals surface area contributed by atoms with Gasteiger partial charge in [0, 0.05) is 0 Å². The van der Waals surface area contributed by atoms with Gasteiger partial charge in [-0.15, -0.1) is 0 Å². The standard InChI is InChI=1S/C15H25NO/c1-4-14(3)16-11-5-6-12-17-15-9-7-13(2)8-10-15/h7-10,14,16H,4-6,11-12H2,1-3H3/p+1/t14-/m1/s1. The number of ether oxygens (including phenoxy) is 1. The van der Waals surface area contributed by atoms with Crippen molar-refractivity contribution in [1.29, 1.82) is 0 Å². The van der Waals surface area contributed by atoms with Crippen LogP contribution in [0.15, 0.2) is 24.3 Å². The zero-order valence-electron chi connectivity index (χ0n) is 11.4. The van der Waals surface area contributed by atoms with Gasteiger partial charge in [-0.1, -0.05) is 24.6 Å². The molecule has 0 aliphatic heterocycles. The summed E-state index contributed by atoms with van der Waals surface area (Å²) in [4.78, 5) is 0. The van der Waals surface area contributed by atoms with Crippen molar-refractivity contribution in [3.63, 3.8) is 0 Å². The first-order valence-corrected chi connectivity index (χ1v) is 6.75. The number of hydrogen-bond acceptors (Lipinski definition) is 1. The van der Waals surface area contributed by atoms with Crippen molar-refractivity contribution in [3.8, 4) is 5.75 Å². The number of rotatable bonds is 8. The Kier molecular flexibility index (Phi) is 6.71. The largest absolute Gasteiger partial charge is 0.494 e. The van der Waals surface area contributed by atoms with Gasteiger partial charge in [0.25, 0.3) is 0 Å². The zero-order chi connectivity index (χ0) is 12.5. The summed E-state index contributed by atoms with van der Waals surface area (Å²) < 4.78 is 5.68. The summed E-state index contributed by atoms with van der Waals surface area (Å²) in [6, 6.07) is 9.02. The molecule has 17 heavy (non-hydrogen) atoms. The van der Waals surface area contributed by atoms with Crippen molar-refractivity contribution in [3.05, 3.63) is 29.8 Å². The quantitative estimate of drug-likeness (QED) is 0.690. The minimum absolute atomic E-state index is 0.757. The van der Waals surface area contributed by atoms with Crippen molar-refractivity contribution in [2.24, 2.45) is 0 Å². The summed E-state index contributed by atoms with van der Waals surface area (Å²) >= 11 is 0. The molecule has 1 rings (SSSR count). The number of unbranched alkanes of at least 4 members (excludes halogenated alkanes) is 1. The van der Waals surface area contributed by atoms with Gasteiger partial charge in [0.05, 0.1) is 19.2 Å². The Morgan fingerprint density at radius 3 is 2.53 bits per heavy atom. The van der Waals surface area contributed by atoms with E-state index in [2.05, 4.69) is 38.2 Å². The van der Waals surface area contributed by atoms with Crippen molar-refractivity contribution < 1.29 is 10.1 Å². The maximum absolute atomic E-state index is 5.68. The fourth-order valence-corrected chi connectivity index (χ4v) is 1.64. The molecule has 0 aromatic heterocycles. The van der Waals surface area contributed by atoms with E-state index in [-0.39, 0.29) is 0 Å². The van der Waals surface area contributed by atoms with Crippen LogP contribution in [0.1, 0.15) is 38.7 Å². The highest BCUT2D eigenvalue weighted by atomic mass is 16.5. The lowest BCUT2D eigenvalue weighted by Crippen LogP contribution is -2.89. The number of benzene rings is 1. The van der Waals surface area contributed by atoms with Gasteiger partial charge in [0.1, 0.15) is 5.75 Å². The molecule has 0 saturated carbocycles. The molecule has 0 spiro atoms. The lowest BCUT2D eigenvalue weighted by molar-refractivity contribution is -0.686. The molecule has 96 valence electrons. The first-order chi connectivity index (χ1) is 8.22. The van der Waals surface area contributed by atoms with Gasteiger partial charge in [-0.3, -0.25) is 0 Å². The van der Waals surface area contributed by atoms with Crippen molar-refractivity contribution in [2.75, 3.05) is 13.2 Å². The molecule has 0 amide bonds. The summed E-state index contributed by atoms with van der Waals surface area (Å²) in [5, 5.41) is 2.42. The Labute approximate surface area is 105 Å². The Morgan fingerprint density at radius 2 is 1.88 bits per heavy atom. The Morgan fingerprint density at radius 1 is 1.18 bits per heavy atom. The van der Waals surface area contributed by atoms with E-state index < -0.39 is 0 Å². The summed E-state index contributed by atoms with van der Waals surface area (Å²) in [6.07, 6.45) is 3.62. The Balaban J connectivity index is 2.02. The van der Waals surface area contributed by atoms with Crippen LogP contribution in [0.2, 0.25) is 0 Å². The van der Waals surface area contributed by atoms with Crippen molar-refractivity contribution in [1.82, 2.24) is 0 Å². The molecule has 0 saturated heterocycles. The molecule has 1 aromatic carbocycles. The highest BCUT2D eigenvalue weighted by molar-refractivity contribution is 5.26. The highest BCUT2D eigenvalue weighted by Crippen LogP contribution is 2.11. The van der Waals surface area contributed by atoms with Crippen molar-refractivity contribution in [2.45, 2.75) is 46.1 Å². The van der Waals surface area contributed by atoms with Crippen LogP contribution in [0.5, 0.6) is 5.75 Å². The van der Waals surface area contributed by atoms with E-state index in [9.17, 15) is 0 Å². The van der Waals surface area contributed by atoms with Crippen LogP contribution in [-0.2, 0) is 0 Å². The van der Waals surface area contributed by atoms with Crippen LogP contribution < -0.4 is 10.1 Å². The molecule has 2 nitrogen and oxygen atoms in total. The van der Waals surface area contributed by atoms with Crippen molar-refractivity contribution >= 4 is 0 Å². The Bertz CT molecular complexity index is 294. The average Bonchev–Trinajstić information content (AvgIpc) is 2.35. The van der Waals surface area contributed by atoms with Crippen LogP contribution in [0.3, 0.4) is 0 Å². The summed E-state index contributed by atoms with van der Waals surface area (Å²) in [5.41, 5.74) is 1.28. The minimum atomic E-state index is 0.757.